The van der Waals surface area contributed by atoms with Crippen LogP contribution in [0.1, 0.15) is 25.3 Å². The summed E-state index contributed by atoms with van der Waals surface area (Å²) in [5, 5.41) is 2.82. The van der Waals surface area contributed by atoms with Gasteiger partial charge in [0.1, 0.15) is 5.82 Å². The Hall–Kier alpha value is -0.690. The highest BCUT2D eigenvalue weighted by atomic mass is 35.5. The van der Waals surface area contributed by atoms with Gasteiger partial charge in [-0.25, -0.2) is 12.8 Å². The van der Waals surface area contributed by atoms with Crippen molar-refractivity contribution >= 4 is 21.6 Å². The van der Waals surface area contributed by atoms with E-state index in [2.05, 4.69) is 5.32 Å². The number of hydrogen-bond acceptors (Lipinski definition) is 3. The highest BCUT2D eigenvalue weighted by molar-refractivity contribution is 7.89. The lowest BCUT2D eigenvalue weighted by Crippen LogP contribution is -2.33. The molecule has 0 bridgehead atoms. The molecule has 1 aliphatic rings. The lowest BCUT2D eigenvalue weighted by molar-refractivity contribution is 0.408. The fourth-order valence-electron chi connectivity index (χ4n) is 2.49. The van der Waals surface area contributed by atoms with E-state index in [4.69, 9.17) is 11.6 Å². The number of rotatable bonds is 4. The molecule has 2 rings (SSSR count). The number of nitrogens with one attached hydrogen (secondary N) is 1. The Labute approximate surface area is 124 Å². The molecule has 1 aromatic carbocycles. The fourth-order valence-corrected chi connectivity index (χ4v) is 4.42. The molecule has 0 aromatic heterocycles. The van der Waals surface area contributed by atoms with Crippen molar-refractivity contribution in [2.75, 3.05) is 13.6 Å². The Balaban J connectivity index is 2.46. The Morgan fingerprint density at radius 3 is 2.75 bits per heavy atom. The van der Waals surface area contributed by atoms with Gasteiger partial charge in [0.2, 0.25) is 10.0 Å². The number of hydrogen-bond donors (Lipinski definition) is 1. The van der Waals surface area contributed by atoms with E-state index in [1.165, 1.54) is 10.4 Å². The van der Waals surface area contributed by atoms with Crippen LogP contribution >= 0.6 is 11.6 Å². The molecule has 1 N–H and O–H groups in total. The van der Waals surface area contributed by atoms with Crippen LogP contribution in [0, 0.1) is 5.82 Å². The summed E-state index contributed by atoms with van der Waals surface area (Å²) < 4.78 is 40.4. The van der Waals surface area contributed by atoms with Crippen LogP contribution in [0.15, 0.2) is 17.0 Å². The molecule has 1 saturated heterocycles. The maximum absolute atomic E-state index is 13.8. The van der Waals surface area contributed by atoms with E-state index in [0.717, 1.165) is 18.9 Å². The summed E-state index contributed by atoms with van der Waals surface area (Å²) in [6, 6.07) is 2.40. The van der Waals surface area contributed by atoms with Crippen molar-refractivity contribution in [3.63, 3.8) is 0 Å². The van der Waals surface area contributed by atoms with Crippen LogP contribution < -0.4 is 5.32 Å². The number of sulfonamides is 1. The van der Waals surface area contributed by atoms with Crippen molar-refractivity contribution in [1.29, 1.82) is 0 Å². The van der Waals surface area contributed by atoms with E-state index in [1.807, 2.05) is 6.92 Å². The van der Waals surface area contributed by atoms with Crippen molar-refractivity contribution in [2.24, 2.45) is 0 Å². The molecule has 7 heteroatoms. The number of benzene rings is 1. The molecule has 1 unspecified atom stereocenters. The van der Waals surface area contributed by atoms with Gasteiger partial charge in [-0.2, -0.15) is 4.31 Å². The average Bonchev–Trinajstić information content (AvgIpc) is 2.81. The van der Waals surface area contributed by atoms with Gasteiger partial charge in [-0.05, 0) is 44.5 Å². The standard InChI is InChI=1S/C13H18ClFN2O2S/c1-9-4-3-5-17(9)20(18,19)11-6-10(8-16-2)13(14)12(15)7-11/h6-7,9,16H,3-5,8H2,1-2H3. The van der Waals surface area contributed by atoms with Gasteiger partial charge in [0, 0.05) is 19.1 Å². The molecule has 4 nitrogen and oxygen atoms in total. The van der Waals surface area contributed by atoms with E-state index in [-0.39, 0.29) is 16.0 Å². The van der Waals surface area contributed by atoms with Gasteiger partial charge in [0.15, 0.2) is 0 Å². The van der Waals surface area contributed by atoms with Gasteiger partial charge in [-0.1, -0.05) is 11.6 Å². The van der Waals surface area contributed by atoms with Gasteiger partial charge in [0.05, 0.1) is 9.92 Å². The van der Waals surface area contributed by atoms with Crippen molar-refractivity contribution in [1.82, 2.24) is 9.62 Å². The minimum absolute atomic E-state index is 0.0293. The summed E-state index contributed by atoms with van der Waals surface area (Å²) in [6.07, 6.45) is 1.67. The first-order chi connectivity index (χ1) is 9.37. The lowest BCUT2D eigenvalue weighted by Gasteiger charge is -2.21. The third-order valence-corrected chi connectivity index (χ3v) is 5.96. The highest BCUT2D eigenvalue weighted by Gasteiger charge is 2.33. The topological polar surface area (TPSA) is 49.4 Å². The van der Waals surface area contributed by atoms with Gasteiger partial charge in [-0.3, -0.25) is 0 Å². The van der Waals surface area contributed by atoms with Gasteiger partial charge in [0.25, 0.3) is 0 Å². The molecular formula is C13H18ClFN2O2S. The third-order valence-electron chi connectivity index (χ3n) is 3.54. The highest BCUT2D eigenvalue weighted by Crippen LogP contribution is 2.29. The lowest BCUT2D eigenvalue weighted by atomic mass is 10.2. The summed E-state index contributed by atoms with van der Waals surface area (Å²) in [5.41, 5.74) is 0.444. The van der Waals surface area contributed by atoms with Crippen LogP contribution in [-0.4, -0.2) is 32.4 Å². The van der Waals surface area contributed by atoms with Crippen LogP contribution in [0.5, 0.6) is 0 Å². The summed E-state index contributed by atoms with van der Waals surface area (Å²) in [5.74, 6) is -0.704. The molecule has 1 heterocycles. The predicted molar refractivity (Wildman–Crippen MR) is 76.8 cm³/mol. The number of halogens is 2. The first-order valence-electron chi connectivity index (χ1n) is 6.52. The molecule has 0 spiro atoms. The minimum atomic E-state index is -3.66. The largest absolute Gasteiger partial charge is 0.316 e. The van der Waals surface area contributed by atoms with E-state index in [1.54, 1.807) is 7.05 Å². The van der Waals surface area contributed by atoms with Crippen molar-refractivity contribution in [2.45, 2.75) is 37.2 Å². The average molecular weight is 321 g/mol. The predicted octanol–water partition coefficient (Wildman–Crippen LogP) is 2.37. The Bertz CT molecular complexity index is 607. The summed E-state index contributed by atoms with van der Waals surface area (Å²) in [7, 11) is -1.97. The molecule has 112 valence electrons. The Morgan fingerprint density at radius 1 is 1.50 bits per heavy atom. The molecule has 1 aliphatic heterocycles. The zero-order chi connectivity index (χ0) is 14.9. The second-order valence-electron chi connectivity index (χ2n) is 5.02. The van der Waals surface area contributed by atoms with Crippen LogP contribution in [0.3, 0.4) is 0 Å². The molecule has 0 saturated carbocycles. The number of nitrogens with zero attached hydrogens (tertiary/aromatic N) is 1. The zero-order valence-corrected chi connectivity index (χ0v) is 13.1. The summed E-state index contributed by atoms with van der Waals surface area (Å²) in [4.78, 5) is -0.0293. The molecule has 0 radical (unpaired) electrons. The second kappa shape index (κ2) is 5.97. The van der Waals surface area contributed by atoms with Crippen LogP contribution in [-0.2, 0) is 16.6 Å². The van der Waals surface area contributed by atoms with E-state index < -0.39 is 15.8 Å². The van der Waals surface area contributed by atoms with E-state index in [9.17, 15) is 12.8 Å². The molecule has 0 aliphatic carbocycles. The Morgan fingerprint density at radius 2 is 2.20 bits per heavy atom. The molecule has 1 atom stereocenters. The smallest absolute Gasteiger partial charge is 0.243 e. The van der Waals surface area contributed by atoms with Crippen molar-refractivity contribution < 1.29 is 12.8 Å². The maximum atomic E-state index is 13.8. The van der Waals surface area contributed by atoms with Gasteiger partial charge >= 0.3 is 0 Å². The zero-order valence-electron chi connectivity index (χ0n) is 11.5. The fraction of sp³-hybridized carbons (Fsp3) is 0.538. The first kappa shape index (κ1) is 15.7. The maximum Gasteiger partial charge on any atom is 0.243 e. The van der Waals surface area contributed by atoms with Gasteiger partial charge in [-0.15, -0.1) is 0 Å². The first-order valence-corrected chi connectivity index (χ1v) is 8.34. The normalized spacial score (nSPS) is 20.5. The van der Waals surface area contributed by atoms with E-state index >= 15 is 0 Å². The van der Waals surface area contributed by atoms with Crippen molar-refractivity contribution in [3.05, 3.63) is 28.5 Å². The molecular weight excluding hydrogens is 303 g/mol. The quantitative estimate of drug-likeness (QED) is 0.926. The minimum Gasteiger partial charge on any atom is -0.316 e. The molecule has 0 amide bonds. The van der Waals surface area contributed by atoms with Crippen molar-refractivity contribution in [3.8, 4) is 0 Å². The van der Waals surface area contributed by atoms with Crippen LogP contribution in [0.25, 0.3) is 0 Å². The molecule has 1 aromatic rings. The Kier molecular flexibility index (Phi) is 4.69. The van der Waals surface area contributed by atoms with Crippen LogP contribution in [0.4, 0.5) is 4.39 Å². The SMILES string of the molecule is CNCc1cc(S(=O)(=O)N2CCCC2C)cc(F)c1Cl. The third kappa shape index (κ3) is 2.83. The van der Waals surface area contributed by atoms with Gasteiger partial charge < -0.3 is 5.32 Å². The summed E-state index contributed by atoms with van der Waals surface area (Å²) in [6.45, 7) is 2.66. The molecule has 1 fully saturated rings. The molecule has 20 heavy (non-hydrogen) atoms. The second-order valence-corrected chi connectivity index (χ2v) is 7.28. The van der Waals surface area contributed by atoms with Crippen LogP contribution in [0.2, 0.25) is 5.02 Å². The summed E-state index contributed by atoms with van der Waals surface area (Å²) >= 11 is 5.86. The monoisotopic (exact) mass is 320 g/mol. The van der Waals surface area contributed by atoms with E-state index in [0.29, 0.717) is 18.7 Å².